The van der Waals surface area contributed by atoms with Crippen LogP contribution in [0.1, 0.15) is 51.4 Å². The van der Waals surface area contributed by atoms with Gasteiger partial charge >= 0.3 is 0 Å². The molecule has 0 aromatic carbocycles. The molecule has 8 nitrogen and oxygen atoms in total. The molecule has 0 radical (unpaired) electrons. The van der Waals surface area contributed by atoms with Gasteiger partial charge in [-0.25, -0.2) is 0 Å². The first kappa shape index (κ1) is 21.1. The number of rotatable bonds is 0. The van der Waals surface area contributed by atoms with Crippen LogP contribution < -0.4 is 20.8 Å². The van der Waals surface area contributed by atoms with Crippen LogP contribution in [0, 0.1) is 0 Å². The molecular formula is C18H30N2O6-2. The lowest BCUT2D eigenvalue weighted by Crippen LogP contribution is -2.42. The third kappa shape index (κ3) is 6.50. The molecule has 4 aliphatic heterocycles. The van der Waals surface area contributed by atoms with Crippen molar-refractivity contribution in [2.75, 3.05) is 39.4 Å². The lowest BCUT2D eigenvalue weighted by molar-refractivity contribution is -0.345. The number of carbonyl (C=O) groups excluding carboxylic acids is 2. The summed E-state index contributed by atoms with van der Waals surface area (Å²) in [7, 11) is 0. The van der Waals surface area contributed by atoms with E-state index in [1.54, 1.807) is 0 Å². The molecule has 0 aromatic rings. The van der Waals surface area contributed by atoms with E-state index in [1.165, 1.54) is 51.4 Å². The fourth-order valence-corrected chi connectivity index (χ4v) is 4.06. The molecule has 4 aliphatic rings. The molecule has 0 aliphatic carbocycles. The van der Waals surface area contributed by atoms with Gasteiger partial charge in [-0.1, -0.05) is 0 Å². The first-order valence-corrected chi connectivity index (χ1v) is 9.59. The molecule has 150 valence electrons. The normalized spacial score (nSPS) is 25.7. The van der Waals surface area contributed by atoms with Gasteiger partial charge in [0.05, 0.1) is 23.1 Å². The second-order valence-corrected chi connectivity index (χ2v) is 7.34. The van der Waals surface area contributed by atoms with Crippen molar-refractivity contribution in [3.05, 3.63) is 0 Å². The van der Waals surface area contributed by atoms with Crippen LogP contribution in [0.15, 0.2) is 0 Å². The Morgan fingerprint density at radius 3 is 1.23 bits per heavy atom. The second kappa shape index (κ2) is 10.2. The Morgan fingerprint density at radius 2 is 1.00 bits per heavy atom. The summed E-state index contributed by atoms with van der Waals surface area (Å²) in [6.45, 7) is 6.61. The smallest absolute Gasteiger partial charge is 0.0870 e. The van der Waals surface area contributed by atoms with E-state index in [2.05, 4.69) is 10.6 Å². The molecule has 4 rings (SSSR count). The third-order valence-electron chi connectivity index (χ3n) is 5.57. The van der Waals surface area contributed by atoms with E-state index < -0.39 is 11.9 Å². The second-order valence-electron chi connectivity index (χ2n) is 7.34. The van der Waals surface area contributed by atoms with Gasteiger partial charge < -0.3 is 39.9 Å². The molecule has 0 atom stereocenters. The van der Waals surface area contributed by atoms with Crippen molar-refractivity contribution in [3.8, 4) is 0 Å². The largest absolute Gasteiger partial charge is 0.543 e. The summed E-state index contributed by atoms with van der Waals surface area (Å²) in [5.41, 5.74) is 0.622. The Kier molecular flexibility index (Phi) is 8.27. The van der Waals surface area contributed by atoms with Gasteiger partial charge in [0.1, 0.15) is 0 Å². The predicted molar refractivity (Wildman–Crippen MR) is 90.1 cm³/mol. The topological polar surface area (TPSA) is 123 Å². The first-order valence-electron chi connectivity index (χ1n) is 9.59. The van der Waals surface area contributed by atoms with Gasteiger partial charge in [0, 0.05) is 13.2 Å². The Morgan fingerprint density at radius 1 is 0.654 bits per heavy atom. The maximum absolute atomic E-state index is 8.93. The number of nitrogens with one attached hydrogen (secondary N) is 2. The van der Waals surface area contributed by atoms with Gasteiger partial charge in [-0.15, -0.1) is 0 Å². The van der Waals surface area contributed by atoms with E-state index in [9.17, 15) is 0 Å². The van der Waals surface area contributed by atoms with E-state index in [4.69, 9.17) is 29.3 Å². The van der Waals surface area contributed by atoms with E-state index in [1.807, 2.05) is 0 Å². The van der Waals surface area contributed by atoms with Crippen molar-refractivity contribution < 1.29 is 29.3 Å². The summed E-state index contributed by atoms with van der Waals surface area (Å²) in [6.07, 6.45) is 10.1. The molecule has 8 heteroatoms. The van der Waals surface area contributed by atoms with Gasteiger partial charge in [-0.2, -0.15) is 0 Å². The number of piperidine rings is 2. The van der Waals surface area contributed by atoms with E-state index in [0.717, 1.165) is 39.4 Å². The third-order valence-corrected chi connectivity index (χ3v) is 5.57. The summed E-state index contributed by atoms with van der Waals surface area (Å²) in [5, 5.41) is 24.6. The van der Waals surface area contributed by atoms with Crippen molar-refractivity contribution in [1.82, 2.24) is 10.6 Å². The van der Waals surface area contributed by atoms with Crippen LogP contribution in [-0.2, 0) is 19.1 Å². The minimum Gasteiger partial charge on any atom is -0.543 e. The van der Waals surface area contributed by atoms with Crippen LogP contribution in [0.3, 0.4) is 0 Å². The molecule has 0 unspecified atom stereocenters. The molecule has 2 spiro atoms. The Balaban J connectivity index is 0.000000146. The van der Waals surface area contributed by atoms with Crippen molar-refractivity contribution >= 4 is 11.9 Å². The number of ether oxygens (including phenoxy) is 2. The molecule has 4 fully saturated rings. The standard InChI is InChI=1S/2C8H15NO.C2H2O4/c2*1-2-8(10-7-1)3-5-9-6-4-8;3-1(4)2(5)6/h2*9H,1-7H2;(H,3,4)(H,5,6)/p-2. The van der Waals surface area contributed by atoms with Gasteiger partial charge in [-0.05, 0) is 77.5 Å². The van der Waals surface area contributed by atoms with Crippen LogP contribution >= 0.6 is 0 Å². The summed E-state index contributed by atoms with van der Waals surface area (Å²) in [5.74, 6) is -4.37. The number of hydrogen-bond acceptors (Lipinski definition) is 8. The maximum atomic E-state index is 8.93. The number of carbonyl (C=O) groups is 2. The zero-order valence-electron chi connectivity index (χ0n) is 15.3. The van der Waals surface area contributed by atoms with Crippen molar-refractivity contribution in [1.29, 1.82) is 0 Å². The quantitative estimate of drug-likeness (QED) is 0.485. The van der Waals surface area contributed by atoms with Crippen molar-refractivity contribution in [2.45, 2.75) is 62.6 Å². The molecule has 0 bridgehead atoms. The lowest BCUT2D eigenvalue weighted by atomic mass is 9.90. The number of carboxylic acid groups (broad SMARTS) is 2. The molecule has 26 heavy (non-hydrogen) atoms. The monoisotopic (exact) mass is 370 g/mol. The highest BCUT2D eigenvalue weighted by Gasteiger charge is 2.36. The highest BCUT2D eigenvalue weighted by atomic mass is 16.5. The van der Waals surface area contributed by atoms with Crippen LogP contribution in [-0.4, -0.2) is 62.5 Å². The number of carboxylic acids is 2. The fraction of sp³-hybridized carbons (Fsp3) is 0.889. The van der Waals surface area contributed by atoms with Crippen molar-refractivity contribution in [3.63, 3.8) is 0 Å². The molecule has 4 saturated heterocycles. The first-order chi connectivity index (χ1) is 12.5. The van der Waals surface area contributed by atoms with Crippen molar-refractivity contribution in [2.24, 2.45) is 0 Å². The fourth-order valence-electron chi connectivity index (χ4n) is 4.06. The summed E-state index contributed by atoms with van der Waals surface area (Å²) in [6, 6.07) is 0. The summed E-state index contributed by atoms with van der Waals surface area (Å²) < 4.78 is 11.5. The Labute approximate surface area is 154 Å². The van der Waals surface area contributed by atoms with E-state index >= 15 is 0 Å². The zero-order valence-corrected chi connectivity index (χ0v) is 15.3. The minimum absolute atomic E-state index is 0.311. The highest BCUT2D eigenvalue weighted by Crippen LogP contribution is 2.34. The van der Waals surface area contributed by atoms with Crippen LogP contribution in [0.5, 0.6) is 0 Å². The van der Waals surface area contributed by atoms with Gasteiger partial charge in [0.15, 0.2) is 0 Å². The Hall–Kier alpha value is -1.22. The molecule has 0 amide bonds. The molecule has 0 saturated carbocycles. The predicted octanol–water partition coefficient (Wildman–Crippen LogP) is -1.68. The van der Waals surface area contributed by atoms with Crippen LogP contribution in [0.25, 0.3) is 0 Å². The highest BCUT2D eigenvalue weighted by molar-refractivity contribution is 6.25. The Bertz CT molecular complexity index is 401. The van der Waals surface area contributed by atoms with Gasteiger partial charge in [0.2, 0.25) is 0 Å². The summed E-state index contributed by atoms with van der Waals surface area (Å²) in [4.78, 5) is 17.9. The molecule has 4 heterocycles. The molecular weight excluding hydrogens is 340 g/mol. The number of hydrogen-bond donors (Lipinski definition) is 2. The maximum Gasteiger partial charge on any atom is 0.0870 e. The van der Waals surface area contributed by atoms with Crippen LogP contribution in [0.2, 0.25) is 0 Å². The molecule has 2 N–H and O–H groups in total. The molecule has 0 aromatic heterocycles. The van der Waals surface area contributed by atoms with E-state index in [-0.39, 0.29) is 0 Å². The lowest BCUT2D eigenvalue weighted by Gasteiger charge is -2.32. The average molecular weight is 370 g/mol. The van der Waals surface area contributed by atoms with E-state index in [0.29, 0.717) is 11.2 Å². The van der Waals surface area contributed by atoms with Gasteiger partial charge in [0.25, 0.3) is 0 Å². The van der Waals surface area contributed by atoms with Crippen LogP contribution in [0.4, 0.5) is 0 Å². The minimum atomic E-state index is -2.19. The zero-order chi connectivity index (χ0) is 18.9. The average Bonchev–Trinajstić information content (AvgIpc) is 3.28. The SMILES string of the molecule is C1COC2(C1)CCNCC2.C1COC2(C1)CCNCC2.O=C([O-])C(=O)[O-]. The van der Waals surface area contributed by atoms with Gasteiger partial charge in [-0.3, -0.25) is 0 Å². The summed E-state index contributed by atoms with van der Waals surface area (Å²) >= 11 is 0. The number of aliphatic carboxylic acids is 2.